The van der Waals surface area contributed by atoms with Crippen LogP contribution in [0.4, 0.5) is 0 Å². The average molecular weight is 429 g/mol. The molecule has 6 heteroatoms. The summed E-state index contributed by atoms with van der Waals surface area (Å²) in [6.45, 7) is 11.4. The third kappa shape index (κ3) is 6.26. The van der Waals surface area contributed by atoms with E-state index in [0.29, 0.717) is 9.20 Å². The first-order valence-corrected chi connectivity index (χ1v) is 11.2. The van der Waals surface area contributed by atoms with Gasteiger partial charge >= 0.3 is 0 Å². The van der Waals surface area contributed by atoms with Crippen LogP contribution in [-0.4, -0.2) is 22.3 Å². The lowest BCUT2D eigenvalue weighted by atomic mass is 9.91. The van der Waals surface area contributed by atoms with Crippen LogP contribution in [-0.2, 0) is 16.1 Å². The fraction of sp³-hybridized carbons (Fsp3) is 0.458. The van der Waals surface area contributed by atoms with Crippen molar-refractivity contribution in [1.82, 2.24) is 9.88 Å². The standard InChI is InChI=1S/C24H32N2O3S/c1-7-18(8-2)25-21(28)15-26-22(14-20(27)24(4,5)6)30-19(23(26)29)13-17-11-9-10-16(3)12-17/h9-14,18H,7-8,15H2,1-6H3,(H,25,28)/b19-13+,22-14-. The van der Waals surface area contributed by atoms with Crippen LogP contribution >= 0.6 is 11.3 Å². The Morgan fingerprint density at radius 1 is 1.20 bits per heavy atom. The van der Waals surface area contributed by atoms with Crippen molar-refractivity contribution in [2.75, 3.05) is 0 Å². The molecule has 2 rings (SSSR count). The third-order valence-corrected chi connectivity index (χ3v) is 5.98. The van der Waals surface area contributed by atoms with Crippen molar-refractivity contribution in [1.29, 1.82) is 0 Å². The van der Waals surface area contributed by atoms with Gasteiger partial charge in [-0.25, -0.2) is 0 Å². The minimum Gasteiger partial charge on any atom is -0.352 e. The summed E-state index contributed by atoms with van der Waals surface area (Å²) in [5.74, 6) is -0.302. The Morgan fingerprint density at radius 2 is 1.87 bits per heavy atom. The molecule has 0 bridgehead atoms. The minimum absolute atomic E-state index is 0.0776. The monoisotopic (exact) mass is 428 g/mol. The largest absolute Gasteiger partial charge is 0.352 e. The second-order valence-corrected chi connectivity index (χ2v) is 9.66. The van der Waals surface area contributed by atoms with Crippen LogP contribution in [0.1, 0.15) is 58.6 Å². The van der Waals surface area contributed by atoms with Crippen molar-refractivity contribution in [3.05, 3.63) is 54.9 Å². The van der Waals surface area contributed by atoms with E-state index in [4.69, 9.17) is 0 Å². The summed E-state index contributed by atoms with van der Waals surface area (Å²) in [5, 5.41) is 2.97. The number of aromatic nitrogens is 1. The lowest BCUT2D eigenvalue weighted by molar-refractivity contribution is -0.122. The number of nitrogens with zero attached hydrogens (tertiary/aromatic N) is 1. The lowest BCUT2D eigenvalue weighted by Gasteiger charge is -2.15. The first-order valence-electron chi connectivity index (χ1n) is 10.4. The molecular formula is C24H32N2O3S. The van der Waals surface area contributed by atoms with Gasteiger partial charge in [0.2, 0.25) is 5.91 Å². The van der Waals surface area contributed by atoms with Crippen LogP contribution < -0.4 is 20.1 Å². The number of nitrogens with one attached hydrogen (secondary N) is 1. The highest BCUT2D eigenvalue weighted by Crippen LogP contribution is 2.14. The van der Waals surface area contributed by atoms with Crippen molar-refractivity contribution in [3.63, 3.8) is 0 Å². The lowest BCUT2D eigenvalue weighted by Crippen LogP contribution is -2.41. The Bertz CT molecular complexity index is 1080. The molecule has 1 heterocycles. The van der Waals surface area contributed by atoms with E-state index in [-0.39, 0.29) is 29.8 Å². The van der Waals surface area contributed by atoms with Crippen LogP contribution in [0.2, 0.25) is 0 Å². The Kier molecular flexibility index (Phi) is 7.96. The molecule has 0 unspecified atom stereocenters. The maximum atomic E-state index is 13.1. The topological polar surface area (TPSA) is 68.2 Å². The number of carbonyl (C=O) groups is 2. The van der Waals surface area contributed by atoms with E-state index in [1.165, 1.54) is 22.0 Å². The van der Waals surface area contributed by atoms with Gasteiger partial charge in [-0.15, -0.1) is 11.3 Å². The summed E-state index contributed by atoms with van der Waals surface area (Å²) < 4.78 is 2.41. The normalized spacial score (nSPS) is 13.2. The smallest absolute Gasteiger partial charge is 0.269 e. The molecule has 0 aliphatic rings. The molecule has 1 N–H and O–H groups in total. The zero-order valence-electron chi connectivity index (χ0n) is 18.7. The predicted octanol–water partition coefficient (Wildman–Crippen LogP) is 2.75. The van der Waals surface area contributed by atoms with E-state index in [2.05, 4.69) is 5.32 Å². The molecule has 1 amide bonds. The summed E-state index contributed by atoms with van der Waals surface area (Å²) in [6.07, 6.45) is 4.96. The fourth-order valence-corrected chi connectivity index (χ4v) is 3.98. The summed E-state index contributed by atoms with van der Waals surface area (Å²) in [6, 6.07) is 7.93. The molecule has 0 fully saturated rings. The Balaban J connectivity index is 2.57. The number of Topliss-reactive ketones (excluding diaryl/α,β-unsaturated/α-hetero) is 1. The van der Waals surface area contributed by atoms with Gasteiger partial charge in [0, 0.05) is 17.5 Å². The summed E-state index contributed by atoms with van der Waals surface area (Å²) in [5.41, 5.74) is 1.19. The maximum Gasteiger partial charge on any atom is 0.269 e. The summed E-state index contributed by atoms with van der Waals surface area (Å²) >= 11 is 1.24. The van der Waals surface area contributed by atoms with Crippen LogP contribution in [0.5, 0.6) is 0 Å². The molecule has 0 saturated heterocycles. The number of amides is 1. The number of thiazole rings is 1. The molecule has 0 radical (unpaired) electrons. The summed E-state index contributed by atoms with van der Waals surface area (Å²) in [4.78, 5) is 38.3. The number of aryl methyl sites for hydroxylation is 1. The van der Waals surface area contributed by atoms with Crippen LogP contribution in [0.15, 0.2) is 29.1 Å². The molecule has 0 atom stereocenters. The number of rotatable bonds is 7. The van der Waals surface area contributed by atoms with Gasteiger partial charge in [0.05, 0.1) is 4.53 Å². The minimum atomic E-state index is -0.566. The van der Waals surface area contributed by atoms with E-state index in [1.807, 2.05) is 71.9 Å². The van der Waals surface area contributed by atoms with Gasteiger partial charge in [0.1, 0.15) is 11.2 Å². The molecule has 0 spiro atoms. The van der Waals surface area contributed by atoms with Gasteiger partial charge in [-0.05, 0) is 31.4 Å². The van der Waals surface area contributed by atoms with Crippen molar-refractivity contribution in [2.45, 2.75) is 67.0 Å². The van der Waals surface area contributed by atoms with Crippen molar-refractivity contribution < 1.29 is 9.59 Å². The molecule has 162 valence electrons. The second-order valence-electron chi connectivity index (χ2n) is 8.59. The molecule has 2 aromatic rings. The SMILES string of the molecule is CCC(CC)NC(=O)Cn1c(=O)/c(=C\c2cccc(C)c2)s/c1=C\C(=O)C(C)(C)C. The number of ketones is 1. The van der Waals surface area contributed by atoms with Gasteiger partial charge in [-0.2, -0.15) is 0 Å². The number of benzene rings is 1. The van der Waals surface area contributed by atoms with Gasteiger partial charge < -0.3 is 5.32 Å². The van der Waals surface area contributed by atoms with Crippen molar-refractivity contribution >= 4 is 35.2 Å². The molecule has 5 nitrogen and oxygen atoms in total. The number of hydrogen-bond donors (Lipinski definition) is 1. The van der Waals surface area contributed by atoms with Gasteiger partial charge in [-0.1, -0.05) is 64.4 Å². The van der Waals surface area contributed by atoms with E-state index >= 15 is 0 Å². The molecule has 1 aromatic heterocycles. The molecule has 0 aliphatic carbocycles. The highest BCUT2D eigenvalue weighted by molar-refractivity contribution is 7.07. The third-order valence-electron chi connectivity index (χ3n) is 4.92. The van der Waals surface area contributed by atoms with E-state index < -0.39 is 5.41 Å². The van der Waals surface area contributed by atoms with Crippen molar-refractivity contribution in [2.24, 2.45) is 5.41 Å². The molecule has 0 saturated carbocycles. The van der Waals surface area contributed by atoms with E-state index in [0.717, 1.165) is 24.0 Å². The first kappa shape index (κ1) is 23.8. The zero-order chi connectivity index (χ0) is 22.5. The Morgan fingerprint density at radius 3 is 2.43 bits per heavy atom. The van der Waals surface area contributed by atoms with Gasteiger partial charge in [0.25, 0.3) is 5.56 Å². The van der Waals surface area contributed by atoms with Crippen molar-refractivity contribution in [3.8, 4) is 0 Å². The molecule has 1 aromatic carbocycles. The molecule has 0 aliphatic heterocycles. The van der Waals surface area contributed by atoms with Gasteiger partial charge in [0.15, 0.2) is 5.78 Å². The van der Waals surface area contributed by atoms with Crippen LogP contribution in [0.3, 0.4) is 0 Å². The quantitative estimate of drug-likeness (QED) is 0.737. The van der Waals surface area contributed by atoms with Gasteiger partial charge in [-0.3, -0.25) is 19.0 Å². The molecule has 30 heavy (non-hydrogen) atoms. The fourth-order valence-electron chi connectivity index (χ4n) is 2.94. The first-order chi connectivity index (χ1) is 14.0. The number of carbonyl (C=O) groups excluding carboxylic acids is 2. The van der Waals surface area contributed by atoms with E-state index in [9.17, 15) is 14.4 Å². The Hall–Kier alpha value is -2.47. The van der Waals surface area contributed by atoms with E-state index in [1.54, 1.807) is 0 Å². The zero-order valence-corrected chi connectivity index (χ0v) is 19.6. The van der Waals surface area contributed by atoms with Crippen LogP contribution in [0.25, 0.3) is 12.2 Å². The highest BCUT2D eigenvalue weighted by atomic mass is 32.1. The Labute approximate surface area is 182 Å². The van der Waals surface area contributed by atoms with Crippen LogP contribution in [0, 0.1) is 12.3 Å². The maximum absolute atomic E-state index is 13.1. The molecular weight excluding hydrogens is 396 g/mol. The highest BCUT2D eigenvalue weighted by Gasteiger charge is 2.20. The predicted molar refractivity (Wildman–Crippen MR) is 124 cm³/mol. The summed E-state index contributed by atoms with van der Waals surface area (Å²) in [7, 11) is 0. The second kappa shape index (κ2) is 10.0. The average Bonchev–Trinajstić information content (AvgIpc) is 2.94. The number of hydrogen-bond acceptors (Lipinski definition) is 4.